The molecule has 46 heavy (non-hydrogen) atoms. The summed E-state index contributed by atoms with van der Waals surface area (Å²) in [5.41, 5.74) is 8.38. The van der Waals surface area contributed by atoms with Gasteiger partial charge >= 0.3 is 21.1 Å². The largest absolute Gasteiger partial charge is 2.00 e. The molecule has 6 heteroatoms. The second-order valence-electron chi connectivity index (χ2n) is 12.8. The van der Waals surface area contributed by atoms with Crippen LogP contribution in [0.2, 0.25) is 0 Å². The molecule has 232 valence electrons. The SMILES string of the molecule is [2H]c1ccc2c(c1)c1ccc(Oc3[c-]c(-n4nc(C)c(-c5ccccc5)c4C)ccc3)[c-]c1n2-c1cc(CCC(C)(C)C)ccn1.[Pt+2]. The van der Waals surface area contributed by atoms with Crippen molar-refractivity contribution in [1.82, 2.24) is 19.3 Å². The summed E-state index contributed by atoms with van der Waals surface area (Å²) in [5.74, 6) is 1.96. The number of hydrogen-bond donors (Lipinski definition) is 0. The Balaban J connectivity index is 0.00000386. The summed E-state index contributed by atoms with van der Waals surface area (Å²) in [7, 11) is 0. The fourth-order valence-corrected chi connectivity index (χ4v) is 6.00. The van der Waals surface area contributed by atoms with Gasteiger partial charge in [-0.3, -0.25) is 4.68 Å². The number of para-hydroxylation sites is 1. The molecule has 7 rings (SSSR count). The number of pyridine rings is 1. The minimum absolute atomic E-state index is 0. The van der Waals surface area contributed by atoms with E-state index in [1.807, 2.05) is 84.5 Å². The standard InChI is InChI=1S/C40H36N4O.Pt/c1-27-39(30-12-7-6-8-13-30)28(2)44(42-27)31-14-11-15-32(25-31)45-33-18-19-35-34-16-9-10-17-36(34)43(37(35)26-33)38-24-29(21-23-41-38)20-22-40(3,4)5;/h6-19,21,23-24H,20,22H2,1-5H3;/q-2;+2/i9D;. The average Bonchev–Trinajstić information content (AvgIpc) is 3.52. The third-order valence-electron chi connectivity index (χ3n) is 8.25. The van der Waals surface area contributed by atoms with Gasteiger partial charge in [0.25, 0.3) is 0 Å². The van der Waals surface area contributed by atoms with Crippen LogP contribution >= 0.6 is 0 Å². The molecule has 3 heterocycles. The molecule has 3 aromatic heterocycles. The third-order valence-corrected chi connectivity index (χ3v) is 8.25. The van der Waals surface area contributed by atoms with Crippen LogP contribution in [0.15, 0.2) is 103 Å². The zero-order chi connectivity index (χ0) is 32.0. The average molecular weight is 785 g/mol. The summed E-state index contributed by atoms with van der Waals surface area (Å²) >= 11 is 0. The number of rotatable bonds is 7. The first-order valence-electron chi connectivity index (χ1n) is 15.9. The molecular weight excluding hydrogens is 748 g/mol. The van der Waals surface area contributed by atoms with E-state index in [0.29, 0.717) is 17.5 Å². The van der Waals surface area contributed by atoms with Gasteiger partial charge in [-0.05, 0) is 72.5 Å². The van der Waals surface area contributed by atoms with Crippen LogP contribution in [0.25, 0.3) is 44.4 Å². The van der Waals surface area contributed by atoms with E-state index in [4.69, 9.17) is 16.2 Å². The maximum atomic E-state index is 8.30. The number of hydrogen-bond acceptors (Lipinski definition) is 3. The monoisotopic (exact) mass is 784 g/mol. The molecule has 0 amide bonds. The molecular formula is C40H36N4OPt. The molecule has 0 aliphatic rings. The molecule has 5 nitrogen and oxygen atoms in total. The van der Waals surface area contributed by atoms with Crippen molar-refractivity contribution in [2.45, 2.75) is 47.5 Å². The summed E-state index contributed by atoms with van der Waals surface area (Å²) in [4.78, 5) is 4.79. The summed E-state index contributed by atoms with van der Waals surface area (Å²) in [6.45, 7) is 10.9. The summed E-state index contributed by atoms with van der Waals surface area (Å²) in [6, 6.07) is 37.5. The van der Waals surface area contributed by atoms with Gasteiger partial charge < -0.3 is 9.30 Å². The Labute approximate surface area is 286 Å². The number of aryl methyl sites for hydroxylation is 2. The zero-order valence-electron chi connectivity index (χ0n) is 27.7. The number of ether oxygens (including phenoxy) is 1. The maximum Gasteiger partial charge on any atom is 2.00 e. The molecule has 0 aliphatic heterocycles. The second-order valence-corrected chi connectivity index (χ2v) is 12.8. The van der Waals surface area contributed by atoms with Gasteiger partial charge in [-0.2, -0.15) is 17.2 Å². The number of nitrogens with zero attached hydrogens (tertiary/aromatic N) is 4. The van der Waals surface area contributed by atoms with Crippen molar-refractivity contribution in [1.29, 1.82) is 0 Å². The van der Waals surface area contributed by atoms with Gasteiger partial charge in [0.15, 0.2) is 0 Å². The van der Waals surface area contributed by atoms with Crippen LogP contribution in [-0.2, 0) is 27.5 Å². The molecule has 7 aromatic rings. The van der Waals surface area contributed by atoms with E-state index < -0.39 is 0 Å². The first-order valence-corrected chi connectivity index (χ1v) is 15.4. The van der Waals surface area contributed by atoms with Crippen LogP contribution in [0.3, 0.4) is 0 Å². The Kier molecular flexibility index (Phi) is 8.36. The predicted octanol–water partition coefficient (Wildman–Crippen LogP) is 10.0. The van der Waals surface area contributed by atoms with Gasteiger partial charge in [-0.15, -0.1) is 35.7 Å². The number of fused-ring (bicyclic) bond motifs is 3. The molecule has 0 N–H and O–H groups in total. The van der Waals surface area contributed by atoms with Crippen LogP contribution in [-0.4, -0.2) is 19.3 Å². The molecule has 0 atom stereocenters. The summed E-state index contributed by atoms with van der Waals surface area (Å²) in [6.07, 6.45) is 3.93. The summed E-state index contributed by atoms with van der Waals surface area (Å²) in [5, 5.41) is 6.83. The van der Waals surface area contributed by atoms with Gasteiger partial charge in [-0.25, -0.2) is 4.98 Å². The van der Waals surface area contributed by atoms with Crippen molar-refractivity contribution in [3.8, 4) is 34.1 Å². The number of aromatic nitrogens is 4. The van der Waals surface area contributed by atoms with Crippen molar-refractivity contribution in [3.05, 3.63) is 132 Å². The van der Waals surface area contributed by atoms with E-state index >= 15 is 0 Å². The third kappa shape index (κ3) is 6.17. The van der Waals surface area contributed by atoms with E-state index in [0.717, 1.165) is 68.7 Å². The molecule has 0 radical (unpaired) electrons. The van der Waals surface area contributed by atoms with E-state index in [9.17, 15) is 0 Å². The molecule has 0 fully saturated rings. The molecule has 4 aromatic carbocycles. The topological polar surface area (TPSA) is 44.9 Å². The second kappa shape index (κ2) is 12.7. The predicted molar refractivity (Wildman–Crippen MR) is 183 cm³/mol. The first-order chi connectivity index (χ1) is 22.1. The van der Waals surface area contributed by atoms with E-state index in [1.165, 1.54) is 5.56 Å². The Morgan fingerprint density at radius 1 is 0.848 bits per heavy atom. The van der Waals surface area contributed by atoms with Crippen LogP contribution < -0.4 is 4.74 Å². The van der Waals surface area contributed by atoms with E-state index in [1.54, 1.807) is 0 Å². The Hall–Kier alpha value is -4.47. The minimum atomic E-state index is 0. The normalized spacial score (nSPS) is 11.9. The van der Waals surface area contributed by atoms with Crippen molar-refractivity contribution in [2.24, 2.45) is 5.41 Å². The molecule has 0 aliphatic carbocycles. The van der Waals surface area contributed by atoms with Crippen molar-refractivity contribution in [3.63, 3.8) is 0 Å². The van der Waals surface area contributed by atoms with Crippen molar-refractivity contribution >= 4 is 21.8 Å². The van der Waals surface area contributed by atoms with Crippen LogP contribution in [0.4, 0.5) is 0 Å². The fourth-order valence-electron chi connectivity index (χ4n) is 6.00. The van der Waals surface area contributed by atoms with Crippen molar-refractivity contribution < 1.29 is 27.2 Å². The van der Waals surface area contributed by atoms with Gasteiger partial charge in [0.05, 0.1) is 7.06 Å². The quantitative estimate of drug-likeness (QED) is 0.151. The van der Waals surface area contributed by atoms with Crippen molar-refractivity contribution in [2.75, 3.05) is 0 Å². The molecule has 0 saturated heterocycles. The molecule has 0 unspecified atom stereocenters. The fraction of sp³-hybridized carbons (Fsp3) is 0.200. The van der Waals surface area contributed by atoms with Gasteiger partial charge in [0.1, 0.15) is 5.82 Å². The van der Waals surface area contributed by atoms with Crippen LogP contribution in [0, 0.1) is 31.4 Å². The zero-order valence-corrected chi connectivity index (χ0v) is 28.9. The van der Waals surface area contributed by atoms with Gasteiger partial charge in [0.2, 0.25) is 0 Å². The van der Waals surface area contributed by atoms with Crippen LogP contribution in [0.5, 0.6) is 11.5 Å². The maximum absolute atomic E-state index is 8.30. The molecule has 0 saturated carbocycles. The van der Waals surface area contributed by atoms with Gasteiger partial charge in [0, 0.05) is 34.5 Å². The number of benzene rings is 4. The Morgan fingerprint density at radius 2 is 1.65 bits per heavy atom. The first kappa shape index (κ1) is 30.2. The molecule has 0 bridgehead atoms. The van der Waals surface area contributed by atoms with Gasteiger partial charge in [-0.1, -0.05) is 74.8 Å². The minimum Gasteiger partial charge on any atom is -0.509 e. The smallest absolute Gasteiger partial charge is 0.509 e. The van der Waals surface area contributed by atoms with Crippen LogP contribution in [0.1, 0.15) is 45.5 Å². The summed E-state index contributed by atoms with van der Waals surface area (Å²) < 4.78 is 18.7. The Morgan fingerprint density at radius 3 is 2.46 bits per heavy atom. The van der Waals surface area contributed by atoms with E-state index in [2.05, 4.69) is 68.7 Å². The molecule has 0 spiro atoms. The Bertz CT molecular complexity index is 2210. The van der Waals surface area contributed by atoms with E-state index in [-0.39, 0.29) is 26.5 Å².